The molecule has 0 radical (unpaired) electrons. The highest BCUT2D eigenvalue weighted by molar-refractivity contribution is 5.68. The van der Waals surface area contributed by atoms with Crippen LogP contribution in [0.15, 0.2) is 0 Å². The normalized spacial score (nSPS) is 18.8. The number of hydrogen-bond acceptors (Lipinski definition) is 7. The molecule has 8 heteroatoms. The predicted molar refractivity (Wildman–Crippen MR) is 51.6 cm³/mol. The Hall–Kier alpha value is -0.770. The molecule has 4 atom stereocenters. The number of aliphatic hydroxyl groups excluding tert-OH is 5. The number of aliphatic hydroxyl groups is 5. The van der Waals surface area contributed by atoms with E-state index in [0.717, 1.165) is 0 Å². The first-order valence-electron chi connectivity index (χ1n) is 4.65. The van der Waals surface area contributed by atoms with Crippen LogP contribution in [-0.4, -0.2) is 80.7 Å². The van der Waals surface area contributed by atoms with Gasteiger partial charge in [-0.3, -0.25) is 4.79 Å². The van der Waals surface area contributed by atoms with E-state index in [9.17, 15) is 20.1 Å². The Balaban J connectivity index is 3.97. The first-order valence-corrected chi connectivity index (χ1v) is 4.65. The monoisotopic (exact) mass is 239 g/mol. The van der Waals surface area contributed by atoms with Gasteiger partial charge in [0.15, 0.2) is 0 Å². The minimum Gasteiger partial charge on any atom is -0.480 e. The zero-order valence-corrected chi connectivity index (χ0v) is 8.52. The summed E-state index contributed by atoms with van der Waals surface area (Å²) in [4.78, 5) is 10.1. The summed E-state index contributed by atoms with van der Waals surface area (Å²) in [5.74, 6) is -1.13. The zero-order chi connectivity index (χ0) is 12.7. The van der Waals surface area contributed by atoms with Gasteiger partial charge in [0.25, 0.3) is 0 Å². The number of nitrogens with one attached hydrogen (secondary N) is 1. The van der Waals surface area contributed by atoms with Crippen LogP contribution in [-0.2, 0) is 4.79 Å². The topological polar surface area (TPSA) is 150 Å². The summed E-state index contributed by atoms with van der Waals surface area (Å²) in [5.41, 5.74) is 0. The summed E-state index contributed by atoms with van der Waals surface area (Å²) >= 11 is 0. The van der Waals surface area contributed by atoms with Crippen LogP contribution in [0, 0.1) is 0 Å². The molecule has 0 amide bonds. The summed E-state index contributed by atoms with van der Waals surface area (Å²) in [6, 6.07) is 0. The molecule has 0 aliphatic rings. The highest BCUT2D eigenvalue weighted by atomic mass is 16.4. The fourth-order valence-corrected chi connectivity index (χ4v) is 1.01. The van der Waals surface area contributed by atoms with Gasteiger partial charge in [0.1, 0.15) is 18.3 Å². The van der Waals surface area contributed by atoms with E-state index in [-0.39, 0.29) is 6.54 Å². The van der Waals surface area contributed by atoms with E-state index in [0.29, 0.717) is 0 Å². The van der Waals surface area contributed by atoms with Crippen molar-refractivity contribution in [3.63, 3.8) is 0 Å². The molecule has 16 heavy (non-hydrogen) atoms. The van der Waals surface area contributed by atoms with E-state index >= 15 is 0 Å². The van der Waals surface area contributed by atoms with Crippen LogP contribution >= 0.6 is 0 Å². The Kier molecular flexibility index (Phi) is 7.13. The van der Waals surface area contributed by atoms with Gasteiger partial charge in [0.05, 0.1) is 19.3 Å². The molecule has 0 fully saturated rings. The number of hydrogen-bond donors (Lipinski definition) is 7. The summed E-state index contributed by atoms with van der Waals surface area (Å²) in [6.07, 6.45) is -6.39. The average molecular weight is 239 g/mol. The number of aliphatic carboxylic acids is 1. The van der Waals surface area contributed by atoms with Gasteiger partial charge in [-0.05, 0) is 0 Å². The molecule has 0 aromatic carbocycles. The molecule has 0 heterocycles. The third-order valence-electron chi connectivity index (χ3n) is 1.96. The van der Waals surface area contributed by atoms with E-state index in [1.165, 1.54) is 0 Å². The van der Waals surface area contributed by atoms with Crippen molar-refractivity contribution >= 4 is 5.97 Å². The van der Waals surface area contributed by atoms with E-state index < -0.39 is 43.5 Å². The zero-order valence-electron chi connectivity index (χ0n) is 8.52. The van der Waals surface area contributed by atoms with E-state index in [1.807, 2.05) is 0 Å². The second-order valence-electron chi connectivity index (χ2n) is 3.32. The predicted octanol–water partition coefficient (Wildman–Crippen LogP) is -3.90. The Labute approximate surface area is 91.8 Å². The Bertz CT molecular complexity index is 213. The largest absolute Gasteiger partial charge is 0.480 e. The molecule has 0 aliphatic carbocycles. The van der Waals surface area contributed by atoms with Crippen molar-refractivity contribution in [2.45, 2.75) is 24.4 Å². The smallest absolute Gasteiger partial charge is 0.317 e. The first-order chi connectivity index (χ1) is 7.40. The lowest BCUT2D eigenvalue weighted by atomic mass is 10.0. The van der Waals surface area contributed by atoms with Crippen molar-refractivity contribution in [1.29, 1.82) is 0 Å². The molecule has 0 saturated heterocycles. The molecule has 0 aliphatic heterocycles. The second-order valence-corrected chi connectivity index (χ2v) is 3.32. The number of rotatable bonds is 8. The lowest BCUT2D eigenvalue weighted by Gasteiger charge is -2.25. The van der Waals surface area contributed by atoms with E-state index in [1.54, 1.807) is 0 Å². The maximum absolute atomic E-state index is 10.1. The summed E-state index contributed by atoms with van der Waals surface area (Å²) < 4.78 is 0. The standard InChI is InChI=1S/C8H17NO7/c10-3-5(12)8(16)7(15)4(11)1-9-2-6(13)14/h4-5,7-12,15-16H,1-3H2,(H,13,14)/t4-,5+,7-,8-/m1/s1. The lowest BCUT2D eigenvalue weighted by molar-refractivity contribution is -0.136. The fourth-order valence-electron chi connectivity index (χ4n) is 1.01. The molecule has 0 rings (SSSR count). The Morgan fingerprint density at radius 1 is 1.06 bits per heavy atom. The third kappa shape index (κ3) is 5.35. The maximum atomic E-state index is 10.1. The fraction of sp³-hybridized carbons (Fsp3) is 0.875. The van der Waals surface area contributed by atoms with Crippen molar-refractivity contribution < 1.29 is 35.4 Å². The molecule has 96 valence electrons. The molecule has 0 unspecified atom stereocenters. The molecule has 0 spiro atoms. The highest BCUT2D eigenvalue weighted by Gasteiger charge is 2.29. The molecule has 7 N–H and O–H groups in total. The highest BCUT2D eigenvalue weighted by Crippen LogP contribution is 2.04. The SMILES string of the molecule is O=C(O)CNC[C@@H](O)[C@@H](O)[C@H](O)[C@@H](O)CO. The van der Waals surface area contributed by atoms with Crippen LogP contribution in [0.4, 0.5) is 0 Å². The maximum Gasteiger partial charge on any atom is 0.317 e. The lowest BCUT2D eigenvalue weighted by Crippen LogP contribution is -2.49. The van der Waals surface area contributed by atoms with Crippen molar-refractivity contribution in [2.75, 3.05) is 19.7 Å². The van der Waals surface area contributed by atoms with Crippen LogP contribution in [0.3, 0.4) is 0 Å². The van der Waals surface area contributed by atoms with Crippen molar-refractivity contribution in [2.24, 2.45) is 0 Å². The van der Waals surface area contributed by atoms with Gasteiger partial charge in [-0.25, -0.2) is 0 Å². The molecular weight excluding hydrogens is 222 g/mol. The van der Waals surface area contributed by atoms with Gasteiger partial charge < -0.3 is 36.0 Å². The van der Waals surface area contributed by atoms with Gasteiger partial charge in [-0.15, -0.1) is 0 Å². The van der Waals surface area contributed by atoms with Crippen LogP contribution in [0.1, 0.15) is 0 Å². The van der Waals surface area contributed by atoms with E-state index in [4.69, 9.17) is 15.3 Å². The first kappa shape index (κ1) is 15.2. The molecule has 0 bridgehead atoms. The van der Waals surface area contributed by atoms with Gasteiger partial charge >= 0.3 is 5.97 Å². The number of carboxylic acids is 1. The van der Waals surface area contributed by atoms with Crippen LogP contribution in [0.5, 0.6) is 0 Å². The van der Waals surface area contributed by atoms with Gasteiger partial charge in [-0.1, -0.05) is 0 Å². The van der Waals surface area contributed by atoms with Crippen LogP contribution < -0.4 is 5.32 Å². The average Bonchev–Trinajstić information content (AvgIpc) is 2.25. The minimum absolute atomic E-state index is 0.261. The van der Waals surface area contributed by atoms with Crippen molar-refractivity contribution in [3.05, 3.63) is 0 Å². The van der Waals surface area contributed by atoms with Crippen LogP contribution in [0.25, 0.3) is 0 Å². The third-order valence-corrected chi connectivity index (χ3v) is 1.96. The van der Waals surface area contributed by atoms with Crippen LogP contribution in [0.2, 0.25) is 0 Å². The van der Waals surface area contributed by atoms with Crippen molar-refractivity contribution in [3.8, 4) is 0 Å². The Morgan fingerprint density at radius 2 is 1.56 bits per heavy atom. The van der Waals surface area contributed by atoms with E-state index in [2.05, 4.69) is 5.32 Å². The Morgan fingerprint density at radius 3 is 2.00 bits per heavy atom. The molecule has 8 nitrogen and oxygen atoms in total. The molecule has 0 saturated carbocycles. The summed E-state index contributed by atoms with van der Waals surface area (Å²) in [7, 11) is 0. The van der Waals surface area contributed by atoms with Gasteiger partial charge in [0, 0.05) is 6.54 Å². The van der Waals surface area contributed by atoms with Crippen molar-refractivity contribution in [1.82, 2.24) is 5.32 Å². The van der Waals surface area contributed by atoms with Gasteiger partial charge in [-0.2, -0.15) is 0 Å². The second kappa shape index (κ2) is 7.49. The minimum atomic E-state index is -1.70. The number of carboxylic acid groups (broad SMARTS) is 1. The molecule has 0 aromatic heterocycles. The van der Waals surface area contributed by atoms with Gasteiger partial charge in [0.2, 0.25) is 0 Å². The summed E-state index contributed by atoms with van der Waals surface area (Å²) in [5, 5.41) is 55.8. The molecular formula is C8H17NO7. The summed E-state index contributed by atoms with van der Waals surface area (Å²) in [6.45, 7) is -1.42. The number of carbonyl (C=O) groups is 1. The quantitative estimate of drug-likeness (QED) is 0.227. The molecule has 0 aromatic rings.